The van der Waals surface area contributed by atoms with Gasteiger partial charge in [-0.25, -0.2) is 0 Å². The van der Waals surface area contributed by atoms with Crippen LogP contribution in [0, 0.1) is 5.92 Å². The SMILES string of the molecule is CC1CCCCC1OC(=O)CBr. The van der Waals surface area contributed by atoms with Crippen LogP contribution in [-0.2, 0) is 9.53 Å². The summed E-state index contributed by atoms with van der Waals surface area (Å²) in [6.07, 6.45) is 4.89. The molecule has 1 rings (SSSR count). The minimum Gasteiger partial charge on any atom is -0.461 e. The van der Waals surface area contributed by atoms with Crippen molar-refractivity contribution in [1.82, 2.24) is 0 Å². The predicted octanol–water partition coefficient (Wildman–Crippen LogP) is 2.50. The lowest BCUT2D eigenvalue weighted by atomic mass is 9.88. The van der Waals surface area contributed by atoms with Crippen molar-refractivity contribution in [3.8, 4) is 0 Å². The summed E-state index contributed by atoms with van der Waals surface area (Å²) in [6.45, 7) is 2.16. The number of hydrogen-bond acceptors (Lipinski definition) is 2. The smallest absolute Gasteiger partial charge is 0.316 e. The highest BCUT2D eigenvalue weighted by atomic mass is 79.9. The molecule has 1 saturated carbocycles. The van der Waals surface area contributed by atoms with Gasteiger partial charge in [-0.05, 0) is 25.2 Å². The molecule has 2 atom stereocenters. The van der Waals surface area contributed by atoms with Gasteiger partial charge in [0.25, 0.3) is 0 Å². The van der Waals surface area contributed by atoms with E-state index in [2.05, 4.69) is 22.9 Å². The minimum absolute atomic E-state index is 0.131. The lowest BCUT2D eigenvalue weighted by Crippen LogP contribution is -2.28. The first-order chi connectivity index (χ1) is 5.74. The van der Waals surface area contributed by atoms with Crippen LogP contribution in [0.3, 0.4) is 0 Å². The van der Waals surface area contributed by atoms with E-state index in [4.69, 9.17) is 4.74 Å². The van der Waals surface area contributed by atoms with Gasteiger partial charge in [0.2, 0.25) is 0 Å². The van der Waals surface area contributed by atoms with Crippen LogP contribution in [0.15, 0.2) is 0 Å². The summed E-state index contributed by atoms with van der Waals surface area (Å²) >= 11 is 3.09. The molecule has 1 fully saturated rings. The molecule has 2 unspecified atom stereocenters. The Bertz CT molecular complexity index is 159. The molecule has 0 aromatic rings. The third-order valence-corrected chi connectivity index (χ3v) is 2.88. The van der Waals surface area contributed by atoms with Crippen molar-refractivity contribution in [1.29, 1.82) is 0 Å². The lowest BCUT2D eigenvalue weighted by Gasteiger charge is -2.28. The van der Waals surface area contributed by atoms with E-state index in [1.807, 2.05) is 0 Å². The van der Waals surface area contributed by atoms with E-state index in [1.54, 1.807) is 0 Å². The fourth-order valence-corrected chi connectivity index (χ4v) is 1.79. The average Bonchev–Trinajstić information content (AvgIpc) is 2.09. The zero-order chi connectivity index (χ0) is 8.97. The number of esters is 1. The molecule has 0 saturated heterocycles. The van der Waals surface area contributed by atoms with E-state index in [0.717, 1.165) is 6.42 Å². The Labute approximate surface area is 81.8 Å². The molecule has 70 valence electrons. The predicted molar refractivity (Wildman–Crippen MR) is 51.3 cm³/mol. The molecule has 0 N–H and O–H groups in total. The molecule has 3 heteroatoms. The quantitative estimate of drug-likeness (QED) is 0.543. The van der Waals surface area contributed by atoms with Crippen molar-refractivity contribution in [2.75, 3.05) is 5.33 Å². The topological polar surface area (TPSA) is 26.3 Å². The monoisotopic (exact) mass is 234 g/mol. The van der Waals surface area contributed by atoms with E-state index in [-0.39, 0.29) is 12.1 Å². The molecule has 0 aromatic carbocycles. The number of ether oxygens (including phenoxy) is 1. The second-order valence-electron chi connectivity index (χ2n) is 3.42. The number of carbonyl (C=O) groups excluding carboxylic acids is 1. The van der Waals surface area contributed by atoms with Gasteiger partial charge in [-0.15, -0.1) is 0 Å². The highest BCUT2D eigenvalue weighted by Gasteiger charge is 2.24. The van der Waals surface area contributed by atoms with Gasteiger partial charge in [0.05, 0.1) is 0 Å². The van der Waals surface area contributed by atoms with Crippen LogP contribution in [0.2, 0.25) is 0 Å². The molecule has 0 radical (unpaired) electrons. The fraction of sp³-hybridized carbons (Fsp3) is 0.889. The molecule has 1 aliphatic rings. The maximum Gasteiger partial charge on any atom is 0.316 e. The van der Waals surface area contributed by atoms with Gasteiger partial charge in [0.1, 0.15) is 11.4 Å². The Hall–Kier alpha value is -0.0500. The Morgan fingerprint density at radius 2 is 2.17 bits per heavy atom. The van der Waals surface area contributed by atoms with Crippen LogP contribution >= 0.6 is 15.9 Å². The molecular formula is C9H15BrO2. The first-order valence-electron chi connectivity index (χ1n) is 4.49. The van der Waals surface area contributed by atoms with E-state index >= 15 is 0 Å². The Morgan fingerprint density at radius 1 is 1.50 bits per heavy atom. The molecule has 0 bridgehead atoms. The number of alkyl halides is 1. The molecule has 0 spiro atoms. The first kappa shape index (κ1) is 10.0. The Kier molecular flexibility index (Phi) is 4.06. The lowest BCUT2D eigenvalue weighted by molar-refractivity contribution is -0.149. The minimum atomic E-state index is -0.131. The van der Waals surface area contributed by atoms with Gasteiger partial charge in [0, 0.05) is 0 Å². The van der Waals surface area contributed by atoms with Crippen molar-refractivity contribution in [3.05, 3.63) is 0 Å². The normalized spacial score (nSPS) is 29.8. The van der Waals surface area contributed by atoms with Crippen LogP contribution < -0.4 is 0 Å². The van der Waals surface area contributed by atoms with Gasteiger partial charge in [0.15, 0.2) is 0 Å². The second-order valence-corrected chi connectivity index (χ2v) is 3.98. The number of halogens is 1. The van der Waals surface area contributed by atoms with Gasteiger partial charge in [-0.3, -0.25) is 4.79 Å². The third kappa shape index (κ3) is 2.77. The van der Waals surface area contributed by atoms with Gasteiger partial charge >= 0.3 is 5.97 Å². The van der Waals surface area contributed by atoms with Crippen molar-refractivity contribution < 1.29 is 9.53 Å². The van der Waals surface area contributed by atoms with Crippen LogP contribution in [0.5, 0.6) is 0 Å². The number of hydrogen-bond donors (Lipinski definition) is 0. The second kappa shape index (κ2) is 4.85. The van der Waals surface area contributed by atoms with E-state index in [0.29, 0.717) is 11.2 Å². The molecule has 0 aliphatic heterocycles. The van der Waals surface area contributed by atoms with Crippen molar-refractivity contribution >= 4 is 21.9 Å². The summed E-state index contributed by atoms with van der Waals surface area (Å²) in [7, 11) is 0. The van der Waals surface area contributed by atoms with E-state index in [1.165, 1.54) is 19.3 Å². The summed E-state index contributed by atoms with van der Waals surface area (Å²) < 4.78 is 5.27. The molecule has 2 nitrogen and oxygen atoms in total. The molecule has 0 aromatic heterocycles. The molecule has 0 heterocycles. The van der Waals surface area contributed by atoms with Gasteiger partial charge in [-0.2, -0.15) is 0 Å². The van der Waals surface area contributed by atoms with Crippen molar-refractivity contribution in [2.45, 2.75) is 38.7 Å². The van der Waals surface area contributed by atoms with Crippen molar-refractivity contribution in [3.63, 3.8) is 0 Å². The standard InChI is InChI=1S/C9H15BrO2/c1-7-4-2-3-5-8(7)12-9(11)6-10/h7-8H,2-6H2,1H3. The highest BCUT2D eigenvalue weighted by Crippen LogP contribution is 2.26. The average molecular weight is 235 g/mol. The number of carbonyl (C=O) groups is 1. The van der Waals surface area contributed by atoms with E-state index in [9.17, 15) is 4.79 Å². The first-order valence-corrected chi connectivity index (χ1v) is 5.61. The fourth-order valence-electron chi connectivity index (χ4n) is 1.66. The zero-order valence-corrected chi connectivity index (χ0v) is 8.97. The maximum absolute atomic E-state index is 11.0. The van der Waals surface area contributed by atoms with Crippen LogP contribution in [-0.4, -0.2) is 17.4 Å². The van der Waals surface area contributed by atoms with Gasteiger partial charge in [-0.1, -0.05) is 29.3 Å². The third-order valence-electron chi connectivity index (χ3n) is 2.42. The summed E-state index contributed by atoms with van der Waals surface area (Å²) in [5.41, 5.74) is 0. The molecule has 1 aliphatic carbocycles. The summed E-state index contributed by atoms with van der Waals surface area (Å²) in [5, 5.41) is 0.316. The number of rotatable bonds is 2. The summed E-state index contributed by atoms with van der Waals surface area (Å²) in [5.74, 6) is 0.412. The zero-order valence-electron chi connectivity index (χ0n) is 7.38. The highest BCUT2D eigenvalue weighted by molar-refractivity contribution is 9.09. The van der Waals surface area contributed by atoms with Gasteiger partial charge < -0.3 is 4.74 Å². The summed E-state index contributed by atoms with van der Waals surface area (Å²) in [4.78, 5) is 11.0. The van der Waals surface area contributed by atoms with Crippen molar-refractivity contribution in [2.24, 2.45) is 5.92 Å². The van der Waals surface area contributed by atoms with Crippen LogP contribution in [0.1, 0.15) is 32.6 Å². The molecular weight excluding hydrogens is 220 g/mol. The summed E-state index contributed by atoms with van der Waals surface area (Å²) in [6, 6.07) is 0. The Balaban J connectivity index is 2.33. The maximum atomic E-state index is 11.0. The Morgan fingerprint density at radius 3 is 2.75 bits per heavy atom. The largest absolute Gasteiger partial charge is 0.461 e. The molecule has 0 amide bonds. The van der Waals surface area contributed by atoms with Crippen LogP contribution in [0.25, 0.3) is 0 Å². The van der Waals surface area contributed by atoms with Crippen LogP contribution in [0.4, 0.5) is 0 Å². The molecule has 12 heavy (non-hydrogen) atoms. The van der Waals surface area contributed by atoms with E-state index < -0.39 is 0 Å².